The summed E-state index contributed by atoms with van der Waals surface area (Å²) >= 11 is 0. The van der Waals surface area contributed by atoms with Gasteiger partial charge in [-0.25, -0.2) is 22.5 Å². The molecule has 0 radical (unpaired) electrons. The minimum Gasteiger partial charge on any atom is -0.324 e. The normalized spacial score (nSPS) is 13.0. The van der Waals surface area contributed by atoms with Crippen molar-refractivity contribution in [2.75, 3.05) is 19.4 Å². The summed E-state index contributed by atoms with van der Waals surface area (Å²) in [4.78, 5) is 41.8. The molecule has 0 aliphatic heterocycles. The van der Waals surface area contributed by atoms with Crippen molar-refractivity contribution in [1.29, 1.82) is 0 Å². The topological polar surface area (TPSA) is 128 Å². The van der Waals surface area contributed by atoms with Crippen molar-refractivity contribution in [3.63, 3.8) is 0 Å². The molecule has 0 saturated carbocycles. The average molecular weight is 449 g/mol. The van der Waals surface area contributed by atoms with E-state index < -0.39 is 33.2 Å². The lowest BCUT2D eigenvalue weighted by Gasteiger charge is -2.17. The molecule has 166 valence electrons. The van der Waals surface area contributed by atoms with Crippen molar-refractivity contribution in [2.24, 2.45) is 14.1 Å². The van der Waals surface area contributed by atoms with Gasteiger partial charge >= 0.3 is 5.69 Å². The molecular weight excluding hydrogens is 424 g/mol. The van der Waals surface area contributed by atoms with E-state index in [4.69, 9.17) is 0 Å². The van der Waals surface area contributed by atoms with Crippen LogP contribution in [0.1, 0.15) is 18.5 Å². The summed E-state index contributed by atoms with van der Waals surface area (Å²) in [5, 5.41) is 2.73. The third-order valence-electron chi connectivity index (χ3n) is 5.22. The highest BCUT2D eigenvalue weighted by Gasteiger charge is 2.23. The van der Waals surface area contributed by atoms with Crippen molar-refractivity contribution in [3.8, 4) is 0 Å². The van der Waals surface area contributed by atoms with E-state index >= 15 is 0 Å². The molecule has 1 unspecified atom stereocenters. The fraction of sp³-hybridized carbons (Fsp3) is 0.368. The van der Waals surface area contributed by atoms with Crippen LogP contribution in [-0.4, -0.2) is 51.4 Å². The van der Waals surface area contributed by atoms with E-state index in [-0.39, 0.29) is 16.1 Å². The SMILES string of the molecule is Cc1ccc(S(=O)(=O)N(C)C)cc1NC(=O)C(C)n1cnc2c1c(=O)n(C)c(=O)n2C. The zero-order chi connectivity index (χ0) is 23.2. The number of aryl methyl sites for hydroxylation is 2. The number of fused-ring (bicyclic) bond motifs is 1. The number of nitrogens with one attached hydrogen (secondary N) is 1. The fourth-order valence-corrected chi connectivity index (χ4v) is 4.06. The quantitative estimate of drug-likeness (QED) is 0.593. The first-order chi connectivity index (χ1) is 14.4. The Labute approximate surface area is 178 Å². The first-order valence-electron chi connectivity index (χ1n) is 9.34. The highest BCUT2D eigenvalue weighted by atomic mass is 32.2. The standard InChI is InChI=1S/C19H24N6O5S/c1-11-7-8-13(31(29,30)22(3)4)9-14(11)21-17(26)12(2)25-10-20-16-15(25)18(27)24(6)19(28)23(16)5/h7-10,12H,1-6H3,(H,21,26). The van der Waals surface area contributed by atoms with Gasteiger partial charge in [-0.05, 0) is 31.5 Å². The Morgan fingerprint density at radius 2 is 1.81 bits per heavy atom. The molecule has 0 bridgehead atoms. The summed E-state index contributed by atoms with van der Waals surface area (Å²) in [5.74, 6) is -0.474. The van der Waals surface area contributed by atoms with Crippen LogP contribution in [0, 0.1) is 6.92 Å². The number of anilines is 1. The summed E-state index contributed by atoms with van der Waals surface area (Å²) in [6, 6.07) is 3.61. The molecule has 2 heterocycles. The minimum absolute atomic E-state index is 0.0444. The number of aromatic nitrogens is 4. The molecule has 31 heavy (non-hydrogen) atoms. The average Bonchev–Trinajstić information content (AvgIpc) is 3.16. The Hall–Kier alpha value is -3.25. The summed E-state index contributed by atoms with van der Waals surface area (Å²) < 4.78 is 29.5. The van der Waals surface area contributed by atoms with Gasteiger partial charge in [0.15, 0.2) is 11.2 Å². The van der Waals surface area contributed by atoms with E-state index in [0.29, 0.717) is 11.3 Å². The summed E-state index contributed by atoms with van der Waals surface area (Å²) in [6.45, 7) is 3.32. The number of hydrogen-bond acceptors (Lipinski definition) is 6. The van der Waals surface area contributed by atoms with Gasteiger partial charge in [0.25, 0.3) is 5.56 Å². The zero-order valence-corrected chi connectivity index (χ0v) is 18.9. The number of rotatable bonds is 5. The first kappa shape index (κ1) is 22.4. The van der Waals surface area contributed by atoms with Crippen LogP contribution in [0.4, 0.5) is 5.69 Å². The van der Waals surface area contributed by atoms with E-state index in [1.807, 2.05) is 0 Å². The minimum atomic E-state index is -3.67. The number of sulfonamides is 1. The van der Waals surface area contributed by atoms with E-state index in [1.165, 1.54) is 55.8 Å². The largest absolute Gasteiger partial charge is 0.332 e. The molecule has 1 aromatic carbocycles. The van der Waals surface area contributed by atoms with Crippen LogP contribution >= 0.6 is 0 Å². The molecule has 1 atom stereocenters. The molecule has 0 aliphatic rings. The highest BCUT2D eigenvalue weighted by molar-refractivity contribution is 7.89. The summed E-state index contributed by atoms with van der Waals surface area (Å²) in [7, 11) is 2.02. The molecule has 0 fully saturated rings. The predicted molar refractivity (Wildman–Crippen MR) is 116 cm³/mol. The molecular formula is C19H24N6O5S. The Kier molecular flexibility index (Phi) is 5.63. The van der Waals surface area contributed by atoms with Crippen LogP contribution in [0.2, 0.25) is 0 Å². The van der Waals surface area contributed by atoms with Gasteiger partial charge in [-0.2, -0.15) is 0 Å². The van der Waals surface area contributed by atoms with E-state index in [9.17, 15) is 22.8 Å². The van der Waals surface area contributed by atoms with E-state index in [2.05, 4.69) is 10.3 Å². The Morgan fingerprint density at radius 3 is 2.42 bits per heavy atom. The molecule has 12 heteroatoms. The Bertz CT molecular complexity index is 1410. The van der Waals surface area contributed by atoms with Crippen LogP contribution in [0.3, 0.4) is 0 Å². The monoisotopic (exact) mass is 448 g/mol. The van der Waals surface area contributed by atoms with Gasteiger partial charge in [-0.1, -0.05) is 6.07 Å². The van der Waals surface area contributed by atoms with Gasteiger partial charge in [0.2, 0.25) is 15.9 Å². The zero-order valence-electron chi connectivity index (χ0n) is 18.1. The first-order valence-corrected chi connectivity index (χ1v) is 10.8. The van der Waals surface area contributed by atoms with Crippen molar-refractivity contribution in [1.82, 2.24) is 23.0 Å². The maximum absolute atomic E-state index is 13.0. The number of nitrogens with zero attached hydrogens (tertiary/aromatic N) is 5. The molecule has 3 rings (SSSR count). The van der Waals surface area contributed by atoms with Crippen molar-refractivity contribution >= 4 is 32.8 Å². The lowest BCUT2D eigenvalue weighted by molar-refractivity contribution is -0.118. The Morgan fingerprint density at radius 1 is 1.16 bits per heavy atom. The second-order valence-corrected chi connectivity index (χ2v) is 9.61. The van der Waals surface area contributed by atoms with Gasteiger partial charge in [-0.15, -0.1) is 0 Å². The maximum Gasteiger partial charge on any atom is 0.332 e. The lowest BCUT2D eigenvalue weighted by atomic mass is 10.2. The lowest BCUT2D eigenvalue weighted by Crippen LogP contribution is -2.38. The third-order valence-corrected chi connectivity index (χ3v) is 7.03. The van der Waals surface area contributed by atoms with E-state index in [1.54, 1.807) is 19.9 Å². The summed E-state index contributed by atoms with van der Waals surface area (Å²) in [5.41, 5.74) is 0.215. The molecule has 0 aliphatic carbocycles. The van der Waals surface area contributed by atoms with Gasteiger partial charge in [0, 0.05) is 33.9 Å². The molecule has 0 saturated heterocycles. The predicted octanol–water partition coefficient (Wildman–Crippen LogP) is 0.192. The molecule has 11 nitrogen and oxygen atoms in total. The number of amides is 1. The number of imidazole rings is 1. The molecule has 3 aromatic rings. The number of hydrogen-bond donors (Lipinski definition) is 1. The molecule has 0 spiro atoms. The number of carbonyl (C=O) groups is 1. The van der Waals surface area contributed by atoms with Gasteiger partial charge in [0.05, 0.1) is 11.2 Å². The van der Waals surface area contributed by atoms with Crippen LogP contribution < -0.4 is 16.6 Å². The van der Waals surface area contributed by atoms with Gasteiger partial charge < -0.3 is 9.88 Å². The number of carbonyl (C=O) groups excluding carboxylic acids is 1. The van der Waals surface area contributed by atoms with Crippen LogP contribution in [0.15, 0.2) is 39.0 Å². The van der Waals surface area contributed by atoms with Crippen LogP contribution in [0.5, 0.6) is 0 Å². The van der Waals surface area contributed by atoms with Crippen LogP contribution in [-0.2, 0) is 28.9 Å². The van der Waals surface area contributed by atoms with Crippen molar-refractivity contribution < 1.29 is 13.2 Å². The summed E-state index contributed by atoms with van der Waals surface area (Å²) in [6.07, 6.45) is 1.33. The second-order valence-electron chi connectivity index (χ2n) is 7.46. The molecule has 1 amide bonds. The van der Waals surface area contributed by atoms with Crippen LogP contribution in [0.25, 0.3) is 11.2 Å². The molecule has 1 N–H and O–H groups in total. The van der Waals surface area contributed by atoms with Crippen molar-refractivity contribution in [3.05, 3.63) is 50.9 Å². The van der Waals surface area contributed by atoms with E-state index in [0.717, 1.165) is 8.87 Å². The maximum atomic E-state index is 13.0. The van der Waals surface area contributed by atoms with Crippen molar-refractivity contribution in [2.45, 2.75) is 24.8 Å². The van der Waals surface area contributed by atoms with Gasteiger partial charge in [0.1, 0.15) is 6.04 Å². The second kappa shape index (κ2) is 7.78. The fourth-order valence-electron chi connectivity index (χ4n) is 3.13. The number of benzene rings is 1. The Balaban J connectivity index is 2.01. The highest BCUT2D eigenvalue weighted by Crippen LogP contribution is 2.23. The third kappa shape index (κ3) is 3.68. The molecule has 2 aromatic heterocycles. The van der Waals surface area contributed by atoms with Gasteiger partial charge in [-0.3, -0.25) is 18.7 Å². The smallest absolute Gasteiger partial charge is 0.324 e.